The maximum Gasteiger partial charge on any atom is 0.413 e. The summed E-state index contributed by atoms with van der Waals surface area (Å²) in [5.41, 5.74) is 1.91. The lowest BCUT2D eigenvalue weighted by molar-refractivity contribution is 0.155. The predicted octanol–water partition coefficient (Wildman–Crippen LogP) is 2.35. The molecule has 0 radical (unpaired) electrons. The Balaban J connectivity index is 1.99. The third-order valence-electron chi connectivity index (χ3n) is 2.88. The Morgan fingerprint density at radius 1 is 1.45 bits per heavy atom. The van der Waals surface area contributed by atoms with Gasteiger partial charge in [0.2, 0.25) is 0 Å². The standard InChI is InChI=1S/C14H14N4O2/c1-10-12(8-15)13(17-18(10)2)16-14(19)20-9-11-6-4-3-5-7-11/h3-7H,9H2,1-2H3,(H,16,17,19). The average Bonchev–Trinajstić information content (AvgIpc) is 2.72. The molecular formula is C14H14N4O2. The lowest BCUT2D eigenvalue weighted by atomic mass is 10.2. The molecule has 6 nitrogen and oxygen atoms in total. The molecular weight excluding hydrogens is 256 g/mol. The van der Waals surface area contributed by atoms with E-state index in [1.807, 2.05) is 36.4 Å². The third kappa shape index (κ3) is 2.95. The van der Waals surface area contributed by atoms with E-state index in [9.17, 15) is 4.79 Å². The fraction of sp³-hybridized carbons (Fsp3) is 0.214. The molecule has 0 saturated carbocycles. The van der Waals surface area contributed by atoms with Gasteiger partial charge < -0.3 is 4.74 Å². The Morgan fingerprint density at radius 3 is 2.80 bits per heavy atom. The minimum Gasteiger partial charge on any atom is -0.444 e. The molecule has 2 aromatic rings. The molecule has 1 aromatic carbocycles. The van der Waals surface area contributed by atoms with Crippen molar-refractivity contribution in [3.8, 4) is 6.07 Å². The highest BCUT2D eigenvalue weighted by Crippen LogP contribution is 2.16. The van der Waals surface area contributed by atoms with Crippen molar-refractivity contribution in [3.05, 3.63) is 47.2 Å². The summed E-state index contributed by atoms with van der Waals surface area (Å²) in [6.07, 6.45) is -0.636. The van der Waals surface area contributed by atoms with E-state index in [0.717, 1.165) is 5.56 Å². The molecule has 0 unspecified atom stereocenters. The number of carbonyl (C=O) groups excluding carboxylic acids is 1. The Morgan fingerprint density at radius 2 is 2.15 bits per heavy atom. The van der Waals surface area contributed by atoms with Gasteiger partial charge in [-0.15, -0.1) is 0 Å². The van der Waals surface area contributed by atoms with Crippen molar-refractivity contribution in [2.75, 3.05) is 5.32 Å². The van der Waals surface area contributed by atoms with Crippen LogP contribution >= 0.6 is 0 Å². The zero-order valence-electron chi connectivity index (χ0n) is 11.3. The smallest absolute Gasteiger partial charge is 0.413 e. The summed E-state index contributed by atoms with van der Waals surface area (Å²) in [5, 5.41) is 15.6. The number of hydrogen-bond acceptors (Lipinski definition) is 4. The Bertz CT molecular complexity index is 656. The van der Waals surface area contributed by atoms with Crippen LogP contribution in [0.4, 0.5) is 10.6 Å². The second kappa shape index (κ2) is 5.89. The number of nitrogens with one attached hydrogen (secondary N) is 1. The molecule has 102 valence electrons. The molecule has 2 rings (SSSR count). The Hall–Kier alpha value is -2.81. The topological polar surface area (TPSA) is 79.9 Å². The van der Waals surface area contributed by atoms with Crippen LogP contribution in [0.25, 0.3) is 0 Å². The quantitative estimate of drug-likeness (QED) is 0.928. The van der Waals surface area contributed by atoms with Crippen LogP contribution in [0.2, 0.25) is 0 Å². The lowest BCUT2D eigenvalue weighted by Crippen LogP contribution is -2.14. The van der Waals surface area contributed by atoms with Crippen molar-refractivity contribution in [2.45, 2.75) is 13.5 Å². The highest BCUT2D eigenvalue weighted by Gasteiger charge is 2.15. The van der Waals surface area contributed by atoms with Gasteiger partial charge in [-0.2, -0.15) is 10.4 Å². The van der Waals surface area contributed by atoms with Gasteiger partial charge in [-0.25, -0.2) is 4.79 Å². The summed E-state index contributed by atoms with van der Waals surface area (Å²) < 4.78 is 6.61. The molecule has 0 aliphatic carbocycles. The number of hydrogen-bond donors (Lipinski definition) is 1. The van der Waals surface area contributed by atoms with Gasteiger partial charge in [0.1, 0.15) is 18.2 Å². The van der Waals surface area contributed by atoms with Gasteiger partial charge in [-0.3, -0.25) is 10.00 Å². The second-order valence-corrected chi connectivity index (χ2v) is 4.23. The van der Waals surface area contributed by atoms with Crippen LogP contribution in [-0.4, -0.2) is 15.9 Å². The number of carbonyl (C=O) groups is 1. The van der Waals surface area contributed by atoms with E-state index in [1.165, 1.54) is 4.68 Å². The number of amides is 1. The lowest BCUT2D eigenvalue weighted by Gasteiger charge is -2.05. The van der Waals surface area contributed by atoms with E-state index >= 15 is 0 Å². The summed E-state index contributed by atoms with van der Waals surface area (Å²) in [6, 6.07) is 11.4. The van der Waals surface area contributed by atoms with Crippen molar-refractivity contribution in [3.63, 3.8) is 0 Å². The zero-order chi connectivity index (χ0) is 14.5. The highest BCUT2D eigenvalue weighted by molar-refractivity contribution is 5.85. The van der Waals surface area contributed by atoms with Crippen molar-refractivity contribution in [2.24, 2.45) is 7.05 Å². The van der Waals surface area contributed by atoms with Crippen molar-refractivity contribution >= 4 is 11.9 Å². The van der Waals surface area contributed by atoms with Crippen LogP contribution in [0.5, 0.6) is 0 Å². The molecule has 0 spiro atoms. The van der Waals surface area contributed by atoms with Crippen LogP contribution in [-0.2, 0) is 18.4 Å². The average molecular weight is 270 g/mol. The van der Waals surface area contributed by atoms with E-state index in [1.54, 1.807) is 14.0 Å². The summed E-state index contributed by atoms with van der Waals surface area (Å²) >= 11 is 0. The maximum absolute atomic E-state index is 11.7. The first-order chi connectivity index (χ1) is 9.61. The monoisotopic (exact) mass is 270 g/mol. The first kappa shape index (κ1) is 13.6. The summed E-state index contributed by atoms with van der Waals surface area (Å²) in [5.74, 6) is 0.213. The first-order valence-corrected chi connectivity index (χ1v) is 6.03. The number of aromatic nitrogens is 2. The Kier molecular flexibility index (Phi) is 4.01. The summed E-state index contributed by atoms with van der Waals surface area (Å²) in [4.78, 5) is 11.7. The second-order valence-electron chi connectivity index (χ2n) is 4.23. The molecule has 0 saturated heterocycles. The number of rotatable bonds is 3. The minimum absolute atomic E-state index is 0.167. The van der Waals surface area contributed by atoms with Gasteiger partial charge in [0.05, 0.1) is 5.69 Å². The fourth-order valence-electron chi connectivity index (χ4n) is 1.69. The van der Waals surface area contributed by atoms with Crippen LogP contribution in [0.1, 0.15) is 16.8 Å². The van der Waals surface area contributed by atoms with Crippen LogP contribution in [0, 0.1) is 18.3 Å². The van der Waals surface area contributed by atoms with Crippen LogP contribution in [0.3, 0.4) is 0 Å². The first-order valence-electron chi connectivity index (χ1n) is 6.03. The number of benzene rings is 1. The zero-order valence-corrected chi connectivity index (χ0v) is 11.3. The molecule has 0 aliphatic heterocycles. The predicted molar refractivity (Wildman–Crippen MR) is 72.9 cm³/mol. The number of anilines is 1. The van der Waals surface area contributed by atoms with Gasteiger partial charge in [-0.05, 0) is 12.5 Å². The van der Waals surface area contributed by atoms with Gasteiger partial charge in [0.25, 0.3) is 0 Å². The molecule has 0 bridgehead atoms. The minimum atomic E-state index is -0.636. The van der Waals surface area contributed by atoms with Gasteiger partial charge >= 0.3 is 6.09 Å². The third-order valence-corrected chi connectivity index (χ3v) is 2.88. The Labute approximate surface area is 116 Å². The van der Waals surface area contributed by atoms with E-state index in [-0.39, 0.29) is 12.4 Å². The van der Waals surface area contributed by atoms with Crippen LogP contribution in [0.15, 0.2) is 30.3 Å². The highest BCUT2D eigenvalue weighted by atomic mass is 16.5. The largest absolute Gasteiger partial charge is 0.444 e. The number of nitriles is 1. The molecule has 1 aromatic heterocycles. The maximum atomic E-state index is 11.7. The van der Waals surface area contributed by atoms with Crippen molar-refractivity contribution < 1.29 is 9.53 Å². The van der Waals surface area contributed by atoms with Gasteiger partial charge in [0, 0.05) is 7.05 Å². The summed E-state index contributed by atoms with van der Waals surface area (Å²) in [7, 11) is 1.71. The molecule has 1 amide bonds. The number of ether oxygens (including phenoxy) is 1. The SMILES string of the molecule is Cc1c(C#N)c(NC(=O)OCc2ccccc2)nn1C. The van der Waals surface area contributed by atoms with Crippen molar-refractivity contribution in [1.29, 1.82) is 5.26 Å². The fourth-order valence-corrected chi connectivity index (χ4v) is 1.69. The van der Waals surface area contributed by atoms with Gasteiger partial charge in [-0.1, -0.05) is 30.3 Å². The van der Waals surface area contributed by atoms with E-state index < -0.39 is 6.09 Å². The molecule has 0 atom stereocenters. The van der Waals surface area contributed by atoms with E-state index in [2.05, 4.69) is 10.4 Å². The van der Waals surface area contributed by atoms with Crippen LogP contribution < -0.4 is 5.32 Å². The molecule has 1 heterocycles. The molecule has 1 N–H and O–H groups in total. The number of nitrogens with zero attached hydrogens (tertiary/aromatic N) is 3. The molecule has 0 aliphatic rings. The normalized spacial score (nSPS) is 9.85. The van der Waals surface area contributed by atoms with E-state index in [0.29, 0.717) is 11.3 Å². The molecule has 6 heteroatoms. The van der Waals surface area contributed by atoms with Gasteiger partial charge in [0.15, 0.2) is 5.82 Å². The number of aryl methyl sites for hydroxylation is 1. The summed E-state index contributed by atoms with van der Waals surface area (Å²) in [6.45, 7) is 1.92. The molecule has 20 heavy (non-hydrogen) atoms. The molecule has 0 fully saturated rings. The van der Waals surface area contributed by atoms with Crippen molar-refractivity contribution in [1.82, 2.24) is 9.78 Å². The van der Waals surface area contributed by atoms with E-state index in [4.69, 9.17) is 10.00 Å².